The van der Waals surface area contributed by atoms with Crippen molar-refractivity contribution in [2.45, 2.75) is 25.7 Å². The number of anilines is 1. The van der Waals surface area contributed by atoms with Crippen molar-refractivity contribution in [3.8, 4) is 11.6 Å². The van der Waals surface area contributed by atoms with Gasteiger partial charge in [0.2, 0.25) is 17.7 Å². The minimum Gasteiger partial charge on any atom is -0.437 e. The molecular formula is C19H21ClN4O3. The Kier molecular flexibility index (Phi) is 6.24. The zero-order valence-electron chi connectivity index (χ0n) is 15.0. The fourth-order valence-electron chi connectivity index (χ4n) is 3.13. The average Bonchev–Trinajstić information content (AvgIpc) is 2.68. The molecule has 0 atom stereocenters. The second-order valence-electron chi connectivity index (χ2n) is 6.35. The van der Waals surface area contributed by atoms with Crippen molar-refractivity contribution >= 4 is 29.1 Å². The third-order valence-electron chi connectivity index (χ3n) is 4.41. The number of nitrogens with zero attached hydrogens (tertiary/aromatic N) is 3. The number of carbonyl (C=O) groups excluding carboxylic acids is 2. The maximum Gasteiger partial charge on any atom is 0.241 e. The van der Waals surface area contributed by atoms with Crippen LogP contribution in [-0.4, -0.2) is 45.7 Å². The fraction of sp³-hybridized carbons (Fsp3) is 0.368. The van der Waals surface area contributed by atoms with Crippen LogP contribution in [0.4, 0.5) is 5.69 Å². The first-order valence-electron chi connectivity index (χ1n) is 8.77. The number of carbonyl (C=O) groups is 2. The smallest absolute Gasteiger partial charge is 0.241 e. The van der Waals surface area contributed by atoms with Gasteiger partial charge in [0.05, 0.1) is 0 Å². The number of ether oxygens (including phenoxy) is 1. The van der Waals surface area contributed by atoms with Gasteiger partial charge in [0.15, 0.2) is 0 Å². The second kappa shape index (κ2) is 8.81. The summed E-state index contributed by atoms with van der Waals surface area (Å²) in [6.07, 6.45) is 4.79. The van der Waals surface area contributed by atoms with E-state index in [9.17, 15) is 9.59 Å². The molecule has 1 fully saturated rings. The standard InChI is InChI=1S/C19H21ClN4O3/c1-13(25)23-15-3-2-4-16(11-15)27-19-18(21-7-8-22-19)14-5-9-24(10-6-14)17(26)12-20/h2-4,7-8,11,14H,5-6,9-10,12H2,1H3,(H,23,25). The molecule has 2 heterocycles. The average molecular weight is 389 g/mol. The maximum absolute atomic E-state index is 11.7. The zero-order chi connectivity index (χ0) is 19.2. The number of amides is 2. The van der Waals surface area contributed by atoms with Gasteiger partial charge in [-0.2, -0.15) is 0 Å². The largest absolute Gasteiger partial charge is 0.437 e. The van der Waals surface area contributed by atoms with Crippen LogP contribution in [0.5, 0.6) is 11.6 Å². The highest BCUT2D eigenvalue weighted by molar-refractivity contribution is 6.27. The number of alkyl halides is 1. The van der Waals surface area contributed by atoms with Crippen LogP contribution in [0, 0.1) is 0 Å². The first kappa shape index (κ1) is 19.1. The number of hydrogen-bond donors (Lipinski definition) is 1. The summed E-state index contributed by atoms with van der Waals surface area (Å²) >= 11 is 5.64. The summed E-state index contributed by atoms with van der Waals surface area (Å²) in [6, 6.07) is 7.12. The Morgan fingerprint density at radius 3 is 2.70 bits per heavy atom. The normalized spacial score (nSPS) is 14.7. The third-order valence-corrected chi connectivity index (χ3v) is 4.64. The number of nitrogens with one attached hydrogen (secondary N) is 1. The molecule has 0 bridgehead atoms. The summed E-state index contributed by atoms with van der Waals surface area (Å²) in [4.78, 5) is 33.6. The molecule has 1 saturated heterocycles. The fourth-order valence-corrected chi connectivity index (χ4v) is 3.30. The van der Waals surface area contributed by atoms with Crippen LogP contribution >= 0.6 is 11.6 Å². The van der Waals surface area contributed by atoms with Crippen LogP contribution in [0.15, 0.2) is 36.7 Å². The van der Waals surface area contributed by atoms with Gasteiger partial charge in [-0.25, -0.2) is 4.98 Å². The highest BCUT2D eigenvalue weighted by Gasteiger charge is 2.27. The van der Waals surface area contributed by atoms with E-state index in [1.807, 2.05) is 0 Å². The molecule has 0 spiro atoms. The van der Waals surface area contributed by atoms with E-state index in [-0.39, 0.29) is 23.6 Å². The molecule has 142 valence electrons. The lowest BCUT2D eigenvalue weighted by Gasteiger charge is -2.31. The number of likely N-dealkylation sites (tertiary alicyclic amines) is 1. The van der Waals surface area contributed by atoms with E-state index in [4.69, 9.17) is 16.3 Å². The van der Waals surface area contributed by atoms with Gasteiger partial charge in [-0.1, -0.05) is 6.07 Å². The third kappa shape index (κ3) is 4.95. The molecule has 1 aromatic heterocycles. The molecule has 1 N–H and O–H groups in total. The van der Waals surface area contributed by atoms with Crippen molar-refractivity contribution in [3.05, 3.63) is 42.4 Å². The molecule has 2 aromatic rings. The van der Waals surface area contributed by atoms with Crippen molar-refractivity contribution in [2.75, 3.05) is 24.3 Å². The van der Waals surface area contributed by atoms with Gasteiger partial charge in [-0.15, -0.1) is 11.6 Å². The molecule has 0 saturated carbocycles. The first-order valence-corrected chi connectivity index (χ1v) is 9.30. The summed E-state index contributed by atoms with van der Waals surface area (Å²) < 4.78 is 5.95. The summed E-state index contributed by atoms with van der Waals surface area (Å²) in [5.74, 6) is 0.990. The number of aromatic nitrogens is 2. The molecule has 0 unspecified atom stereocenters. The van der Waals surface area contributed by atoms with Crippen molar-refractivity contribution in [3.63, 3.8) is 0 Å². The van der Waals surface area contributed by atoms with E-state index < -0.39 is 0 Å². The quantitative estimate of drug-likeness (QED) is 0.795. The summed E-state index contributed by atoms with van der Waals surface area (Å²) in [7, 11) is 0. The topological polar surface area (TPSA) is 84.4 Å². The van der Waals surface area contributed by atoms with Gasteiger partial charge < -0.3 is 15.0 Å². The lowest BCUT2D eigenvalue weighted by Crippen LogP contribution is -2.38. The van der Waals surface area contributed by atoms with Gasteiger partial charge in [0, 0.05) is 50.1 Å². The Labute approximate surface area is 162 Å². The van der Waals surface area contributed by atoms with E-state index in [1.54, 1.807) is 41.6 Å². The van der Waals surface area contributed by atoms with E-state index in [0.717, 1.165) is 18.5 Å². The van der Waals surface area contributed by atoms with Crippen LogP contribution in [0.25, 0.3) is 0 Å². The van der Waals surface area contributed by atoms with Gasteiger partial charge >= 0.3 is 0 Å². The predicted molar refractivity (Wildman–Crippen MR) is 102 cm³/mol. The van der Waals surface area contributed by atoms with Crippen LogP contribution in [0.3, 0.4) is 0 Å². The Morgan fingerprint density at radius 2 is 2.00 bits per heavy atom. The van der Waals surface area contributed by atoms with Crippen LogP contribution in [0.1, 0.15) is 31.4 Å². The van der Waals surface area contributed by atoms with E-state index in [2.05, 4.69) is 15.3 Å². The van der Waals surface area contributed by atoms with Gasteiger partial charge in [-0.3, -0.25) is 14.6 Å². The van der Waals surface area contributed by atoms with Gasteiger partial charge in [0.25, 0.3) is 0 Å². The molecule has 27 heavy (non-hydrogen) atoms. The molecule has 1 aromatic carbocycles. The predicted octanol–water partition coefficient (Wildman–Crippen LogP) is 3.17. The summed E-state index contributed by atoms with van der Waals surface area (Å²) in [5.41, 5.74) is 1.43. The number of halogens is 1. The summed E-state index contributed by atoms with van der Waals surface area (Å²) in [5, 5.41) is 2.73. The van der Waals surface area contributed by atoms with Crippen LogP contribution < -0.4 is 10.1 Å². The molecule has 3 rings (SSSR count). The molecule has 1 aliphatic heterocycles. The van der Waals surface area contributed by atoms with Crippen molar-refractivity contribution in [1.82, 2.24) is 14.9 Å². The highest BCUT2D eigenvalue weighted by atomic mass is 35.5. The van der Waals surface area contributed by atoms with Crippen molar-refractivity contribution in [2.24, 2.45) is 0 Å². The lowest BCUT2D eigenvalue weighted by molar-refractivity contribution is -0.129. The minimum atomic E-state index is -0.148. The Morgan fingerprint density at radius 1 is 1.26 bits per heavy atom. The minimum absolute atomic E-state index is 0.00874. The number of hydrogen-bond acceptors (Lipinski definition) is 5. The second-order valence-corrected chi connectivity index (χ2v) is 6.61. The molecule has 8 heteroatoms. The number of benzene rings is 1. The van der Waals surface area contributed by atoms with Gasteiger partial charge in [-0.05, 0) is 25.0 Å². The van der Waals surface area contributed by atoms with Gasteiger partial charge in [0.1, 0.15) is 17.3 Å². The van der Waals surface area contributed by atoms with Crippen molar-refractivity contribution in [1.29, 1.82) is 0 Å². The van der Waals surface area contributed by atoms with Crippen LogP contribution in [0.2, 0.25) is 0 Å². The molecule has 0 radical (unpaired) electrons. The molecular weight excluding hydrogens is 368 g/mol. The molecule has 1 aliphatic rings. The van der Waals surface area contributed by atoms with Crippen LogP contribution in [-0.2, 0) is 9.59 Å². The van der Waals surface area contributed by atoms with E-state index >= 15 is 0 Å². The zero-order valence-corrected chi connectivity index (χ0v) is 15.8. The maximum atomic E-state index is 11.7. The first-order chi connectivity index (χ1) is 13.1. The Hall–Kier alpha value is -2.67. The molecule has 7 nitrogen and oxygen atoms in total. The number of rotatable bonds is 5. The lowest BCUT2D eigenvalue weighted by atomic mass is 9.93. The Bertz CT molecular complexity index is 822. The Balaban J connectivity index is 1.73. The molecule has 2 amide bonds. The van der Waals surface area contributed by atoms with E-state index in [1.165, 1.54) is 6.92 Å². The van der Waals surface area contributed by atoms with Crippen molar-refractivity contribution < 1.29 is 14.3 Å². The van der Waals surface area contributed by atoms with E-state index in [0.29, 0.717) is 30.4 Å². The monoisotopic (exact) mass is 388 g/mol. The summed E-state index contributed by atoms with van der Waals surface area (Å²) in [6.45, 7) is 2.74. The SMILES string of the molecule is CC(=O)Nc1cccc(Oc2nccnc2C2CCN(C(=O)CCl)CC2)c1. The molecule has 0 aliphatic carbocycles. The number of piperidine rings is 1. The highest BCUT2D eigenvalue weighted by Crippen LogP contribution is 2.34.